The van der Waals surface area contributed by atoms with E-state index in [1.807, 2.05) is 12.1 Å². The molecule has 2 aliphatic heterocycles. The van der Waals surface area contributed by atoms with Crippen molar-refractivity contribution in [2.24, 2.45) is 13.0 Å². The number of carbonyl (C=O) groups excluding carboxylic acids is 3. The lowest BCUT2D eigenvalue weighted by atomic mass is 9.81. The van der Waals surface area contributed by atoms with Crippen molar-refractivity contribution >= 4 is 56.0 Å². The number of likely N-dealkylation sites (tertiary alicyclic amines) is 1. The molecule has 5 heterocycles. The monoisotopic (exact) mass is 818 g/mol. The summed E-state index contributed by atoms with van der Waals surface area (Å²) < 4.78 is 42.9. The van der Waals surface area contributed by atoms with Crippen LogP contribution in [0, 0.1) is 5.92 Å². The van der Waals surface area contributed by atoms with Crippen LogP contribution in [0.5, 0.6) is 0 Å². The quantitative estimate of drug-likeness (QED) is 0.151. The molecule has 2 aromatic carbocycles. The zero-order valence-corrected chi connectivity index (χ0v) is 33.3. The smallest absolute Gasteiger partial charge is 0.386 e. The van der Waals surface area contributed by atoms with Gasteiger partial charge in [-0.2, -0.15) is 13.2 Å². The van der Waals surface area contributed by atoms with Crippen LogP contribution < -0.4 is 16.3 Å². The molecule has 3 aromatic heterocycles. The summed E-state index contributed by atoms with van der Waals surface area (Å²) >= 11 is 1.55. The second-order valence-electron chi connectivity index (χ2n) is 16.4. The number of fused-ring (bicyclic) bond motifs is 2. The Labute approximate surface area is 335 Å². The highest BCUT2D eigenvalue weighted by Gasteiger charge is 2.35. The van der Waals surface area contributed by atoms with Gasteiger partial charge in [0.25, 0.3) is 5.91 Å². The van der Waals surface area contributed by atoms with E-state index in [2.05, 4.69) is 31.6 Å². The number of piperidine rings is 2. The number of imidazole rings is 1. The number of aliphatic hydroxyl groups is 1. The molecule has 0 radical (unpaired) electrons. The summed E-state index contributed by atoms with van der Waals surface area (Å²) in [6.07, 6.45) is 3.18. The van der Waals surface area contributed by atoms with Gasteiger partial charge in [0.15, 0.2) is 5.69 Å². The molecular weight excluding hydrogens is 774 g/mol. The topological polar surface area (TPSA) is 164 Å². The molecule has 3 N–H and O–H groups in total. The highest BCUT2D eigenvalue weighted by Crippen LogP contribution is 2.42. The molecule has 0 spiro atoms. The van der Waals surface area contributed by atoms with Gasteiger partial charge in [0.05, 0.1) is 44.3 Å². The third-order valence-electron chi connectivity index (χ3n) is 12.0. The molecule has 0 bridgehead atoms. The standard InChI is InChI=1S/C41H45F3N8O5S/c1-40(2,57)26-17-28-32(18-27(26)47-36(54)29-19-46-33(20-45-29)41(42,43)44)58-38(48-28)24-9-7-22(8-10-24)21-51-15-13-23(14-16-51)25-5-4-6-30-35(25)50(3)39(56)52(30)31-11-12-34(53)49-37(31)55/h4-6,17-20,22-24,31,57H,7-16,21H2,1-3H3,(H,47,54)(H,49,53,55)/t22-,24-,31?. The predicted octanol–water partition coefficient (Wildman–Crippen LogP) is 6.37. The van der Waals surface area contributed by atoms with Gasteiger partial charge in [-0.05, 0) is 107 Å². The lowest BCUT2D eigenvalue weighted by Crippen LogP contribution is -2.44. The summed E-state index contributed by atoms with van der Waals surface area (Å²) in [5, 5.41) is 17.1. The Balaban J connectivity index is 0.891. The first-order valence-corrected chi connectivity index (χ1v) is 20.5. The van der Waals surface area contributed by atoms with Crippen LogP contribution in [0.15, 0.2) is 47.5 Å². The third-order valence-corrected chi connectivity index (χ3v) is 13.2. The Morgan fingerprint density at radius 3 is 2.38 bits per heavy atom. The van der Waals surface area contributed by atoms with Gasteiger partial charge in [0.1, 0.15) is 11.7 Å². The van der Waals surface area contributed by atoms with Crippen molar-refractivity contribution in [1.29, 1.82) is 0 Å². The number of nitrogens with one attached hydrogen (secondary N) is 2. The van der Waals surface area contributed by atoms with Gasteiger partial charge in [-0.3, -0.25) is 28.8 Å². The van der Waals surface area contributed by atoms with Crippen LogP contribution in [-0.4, -0.2) is 71.4 Å². The van der Waals surface area contributed by atoms with Crippen molar-refractivity contribution in [3.63, 3.8) is 0 Å². The van der Waals surface area contributed by atoms with Crippen molar-refractivity contribution in [3.8, 4) is 0 Å². The average molecular weight is 819 g/mol. The average Bonchev–Trinajstić information content (AvgIpc) is 3.72. The van der Waals surface area contributed by atoms with Gasteiger partial charge in [0.2, 0.25) is 11.8 Å². The van der Waals surface area contributed by atoms with Crippen LogP contribution in [0.25, 0.3) is 21.3 Å². The zero-order valence-electron chi connectivity index (χ0n) is 32.4. The second-order valence-corrected chi connectivity index (χ2v) is 17.5. The largest absolute Gasteiger partial charge is 0.434 e. The number of carbonyl (C=O) groups is 3. The lowest BCUT2D eigenvalue weighted by molar-refractivity contribution is -0.141. The summed E-state index contributed by atoms with van der Waals surface area (Å²) in [5.41, 5.74) is 1.06. The van der Waals surface area contributed by atoms with Crippen molar-refractivity contribution in [2.45, 2.75) is 94.9 Å². The lowest BCUT2D eigenvalue weighted by Gasteiger charge is -2.36. The van der Waals surface area contributed by atoms with E-state index < -0.39 is 35.3 Å². The molecule has 3 amide bonds. The number of hydrogen-bond acceptors (Lipinski definition) is 10. The van der Waals surface area contributed by atoms with Crippen LogP contribution in [0.3, 0.4) is 0 Å². The highest BCUT2D eigenvalue weighted by molar-refractivity contribution is 7.18. The van der Waals surface area contributed by atoms with Crippen molar-refractivity contribution in [1.82, 2.24) is 34.3 Å². The van der Waals surface area contributed by atoms with E-state index in [1.165, 1.54) is 0 Å². The molecule has 58 heavy (non-hydrogen) atoms. The van der Waals surface area contributed by atoms with Crippen LogP contribution in [0.1, 0.15) is 115 Å². The molecule has 1 atom stereocenters. The molecule has 8 rings (SSSR count). The SMILES string of the molecule is Cn1c(=O)n(C2CCC(=O)NC2=O)c2cccc(C3CCN(C[C@H]4CC[C@H](c5nc6cc(C(C)(C)O)c(NC(=O)c7cnc(C(F)(F)F)cn7)cc6s5)CC4)CC3)c21. The van der Waals surface area contributed by atoms with Crippen LogP contribution in [-0.2, 0) is 28.4 Å². The fraction of sp³-hybridized carbons (Fsp3) is 0.488. The number of anilines is 1. The molecule has 17 heteroatoms. The summed E-state index contributed by atoms with van der Waals surface area (Å²) in [5.74, 6) is -0.369. The van der Waals surface area contributed by atoms with Gasteiger partial charge >= 0.3 is 11.9 Å². The predicted molar refractivity (Wildman–Crippen MR) is 212 cm³/mol. The second kappa shape index (κ2) is 15.3. The zero-order chi connectivity index (χ0) is 41.1. The Kier molecular flexibility index (Phi) is 10.5. The van der Waals surface area contributed by atoms with E-state index in [-0.39, 0.29) is 35.5 Å². The first-order valence-electron chi connectivity index (χ1n) is 19.7. The molecule has 2 saturated heterocycles. The molecular formula is C41H45F3N8O5S. The van der Waals surface area contributed by atoms with Gasteiger partial charge < -0.3 is 15.3 Å². The number of amides is 3. The van der Waals surface area contributed by atoms with E-state index in [1.54, 1.807) is 53.5 Å². The minimum atomic E-state index is -4.68. The Bertz CT molecular complexity index is 2450. The number of rotatable bonds is 8. The maximum atomic E-state index is 13.5. The molecule has 3 aliphatic rings. The van der Waals surface area contributed by atoms with Crippen LogP contribution in [0.4, 0.5) is 18.9 Å². The van der Waals surface area contributed by atoms with Gasteiger partial charge in [-0.1, -0.05) is 12.1 Å². The number of imide groups is 1. The number of para-hydroxylation sites is 1. The van der Waals surface area contributed by atoms with E-state index >= 15 is 0 Å². The number of halogens is 3. The summed E-state index contributed by atoms with van der Waals surface area (Å²) in [7, 11) is 1.76. The molecule has 1 saturated carbocycles. The highest BCUT2D eigenvalue weighted by atomic mass is 32.1. The fourth-order valence-corrected chi connectivity index (χ4v) is 10.1. The third kappa shape index (κ3) is 7.78. The Morgan fingerprint density at radius 1 is 0.983 bits per heavy atom. The van der Waals surface area contributed by atoms with Crippen LogP contribution >= 0.6 is 11.3 Å². The number of thiazole rings is 1. The molecule has 5 aromatic rings. The molecule has 1 unspecified atom stereocenters. The number of alkyl halides is 3. The number of hydrogen-bond donors (Lipinski definition) is 3. The maximum absolute atomic E-state index is 13.5. The van der Waals surface area contributed by atoms with E-state index in [0.717, 1.165) is 90.7 Å². The Morgan fingerprint density at radius 2 is 1.72 bits per heavy atom. The molecule has 13 nitrogen and oxygen atoms in total. The number of aryl methyl sites for hydroxylation is 1. The Hall–Kier alpha value is -5.00. The van der Waals surface area contributed by atoms with Crippen molar-refractivity contribution < 1.29 is 32.7 Å². The first-order chi connectivity index (χ1) is 27.5. The molecule has 1 aliphatic carbocycles. The minimum absolute atomic E-state index is 0.201. The summed E-state index contributed by atoms with van der Waals surface area (Å²) in [6.45, 7) is 6.11. The van der Waals surface area contributed by atoms with E-state index in [0.29, 0.717) is 35.3 Å². The maximum Gasteiger partial charge on any atom is 0.434 e. The normalized spacial score (nSPS) is 21.5. The molecule has 3 fully saturated rings. The van der Waals surface area contributed by atoms with Crippen molar-refractivity contribution in [3.05, 3.63) is 80.7 Å². The number of aromatic nitrogens is 5. The summed E-state index contributed by atoms with van der Waals surface area (Å²) in [6, 6.07) is 8.74. The molecule has 306 valence electrons. The van der Waals surface area contributed by atoms with Gasteiger partial charge in [-0.15, -0.1) is 11.3 Å². The van der Waals surface area contributed by atoms with Crippen molar-refractivity contribution in [2.75, 3.05) is 25.0 Å². The minimum Gasteiger partial charge on any atom is -0.386 e. The first kappa shape index (κ1) is 39.8. The van der Waals surface area contributed by atoms with Crippen LogP contribution in [0.2, 0.25) is 0 Å². The van der Waals surface area contributed by atoms with Gasteiger partial charge in [-0.25, -0.2) is 19.7 Å². The number of nitrogens with zero attached hydrogens (tertiary/aromatic N) is 6. The summed E-state index contributed by atoms with van der Waals surface area (Å²) in [4.78, 5) is 65.5. The van der Waals surface area contributed by atoms with E-state index in [4.69, 9.17) is 4.98 Å². The number of benzene rings is 2. The fourth-order valence-electron chi connectivity index (χ4n) is 8.97. The van der Waals surface area contributed by atoms with Gasteiger partial charge in [0, 0.05) is 37.2 Å². The van der Waals surface area contributed by atoms with E-state index in [9.17, 15) is 37.5 Å².